The fraction of sp³-hybridized carbons (Fsp3) is 0.273. The average molecular weight is 208 g/mol. The number of carbonyl (C=O) groups excluding carboxylic acids is 1. The highest BCUT2D eigenvalue weighted by Crippen LogP contribution is 2.02. The minimum atomic E-state index is -0.361. The van der Waals surface area contributed by atoms with Gasteiger partial charge < -0.3 is 0 Å². The van der Waals surface area contributed by atoms with Crippen molar-refractivity contribution in [2.45, 2.75) is 20.3 Å². The second kappa shape index (κ2) is 5.24. The molecule has 1 aromatic rings. The Bertz CT molecular complexity index is 371. The lowest BCUT2D eigenvalue weighted by Crippen LogP contribution is -2.18. The highest BCUT2D eigenvalue weighted by Gasteiger charge is 2.03. The quantitative estimate of drug-likeness (QED) is 0.601. The summed E-state index contributed by atoms with van der Waals surface area (Å²) in [5.41, 5.74) is 3.63. The molecule has 0 atom stereocenters. The van der Waals surface area contributed by atoms with E-state index in [1.54, 1.807) is 0 Å². The van der Waals surface area contributed by atoms with Gasteiger partial charge in [0.2, 0.25) is 0 Å². The summed E-state index contributed by atoms with van der Waals surface area (Å²) in [6.45, 7) is 3.77. The largest absolute Gasteiger partial charge is 0.271 e. The van der Waals surface area contributed by atoms with Crippen molar-refractivity contribution >= 4 is 11.6 Å². The molecule has 0 radical (unpaired) electrons. The maximum absolute atomic E-state index is 12.6. The van der Waals surface area contributed by atoms with E-state index < -0.39 is 0 Å². The van der Waals surface area contributed by atoms with Crippen molar-refractivity contribution in [3.8, 4) is 0 Å². The minimum Gasteiger partial charge on any atom is -0.267 e. The van der Waals surface area contributed by atoms with Crippen molar-refractivity contribution in [2.75, 3.05) is 0 Å². The number of hydrazone groups is 1. The van der Waals surface area contributed by atoms with Crippen LogP contribution in [0.1, 0.15) is 30.6 Å². The predicted molar refractivity (Wildman–Crippen MR) is 57.3 cm³/mol. The van der Waals surface area contributed by atoms with Crippen LogP contribution >= 0.6 is 0 Å². The number of halogens is 1. The standard InChI is InChI=1S/C11H13FN2O/c1-3-8(2)13-14-11(15)9-4-6-10(12)7-5-9/h4-7H,3H2,1-2H3,(H,14,15)/b13-8-. The van der Waals surface area contributed by atoms with Gasteiger partial charge in [-0.25, -0.2) is 9.82 Å². The lowest BCUT2D eigenvalue weighted by Gasteiger charge is -2.00. The third-order valence-electron chi connectivity index (χ3n) is 1.97. The van der Waals surface area contributed by atoms with E-state index in [0.717, 1.165) is 12.1 Å². The molecule has 0 saturated carbocycles. The molecule has 0 aliphatic rings. The number of nitrogens with zero attached hydrogens (tertiary/aromatic N) is 1. The van der Waals surface area contributed by atoms with Gasteiger partial charge in [0, 0.05) is 11.3 Å². The van der Waals surface area contributed by atoms with E-state index in [1.807, 2.05) is 13.8 Å². The zero-order valence-corrected chi connectivity index (χ0v) is 8.75. The van der Waals surface area contributed by atoms with Crippen LogP contribution in [-0.2, 0) is 0 Å². The maximum atomic E-state index is 12.6. The highest BCUT2D eigenvalue weighted by atomic mass is 19.1. The number of amides is 1. The summed E-state index contributed by atoms with van der Waals surface area (Å²) in [7, 11) is 0. The third-order valence-corrected chi connectivity index (χ3v) is 1.97. The van der Waals surface area contributed by atoms with Crippen LogP contribution in [-0.4, -0.2) is 11.6 Å². The van der Waals surface area contributed by atoms with Gasteiger partial charge in [-0.15, -0.1) is 0 Å². The molecule has 0 spiro atoms. The number of nitrogens with one attached hydrogen (secondary N) is 1. The smallest absolute Gasteiger partial charge is 0.267 e. The fourth-order valence-corrected chi connectivity index (χ4v) is 0.891. The molecule has 0 fully saturated rings. The molecule has 1 rings (SSSR count). The van der Waals surface area contributed by atoms with Gasteiger partial charge in [-0.05, 0) is 37.6 Å². The summed E-state index contributed by atoms with van der Waals surface area (Å²) < 4.78 is 12.6. The maximum Gasteiger partial charge on any atom is 0.271 e. The first-order valence-electron chi connectivity index (χ1n) is 4.72. The van der Waals surface area contributed by atoms with Gasteiger partial charge in [0.1, 0.15) is 5.82 Å². The van der Waals surface area contributed by atoms with Crippen molar-refractivity contribution < 1.29 is 9.18 Å². The van der Waals surface area contributed by atoms with Crippen LogP contribution in [0.25, 0.3) is 0 Å². The molecule has 0 unspecified atom stereocenters. The van der Waals surface area contributed by atoms with Crippen LogP contribution in [0.2, 0.25) is 0 Å². The number of hydrogen-bond donors (Lipinski definition) is 1. The molecular formula is C11H13FN2O. The summed E-state index contributed by atoms with van der Waals surface area (Å²) in [6.07, 6.45) is 0.781. The lowest BCUT2D eigenvalue weighted by molar-refractivity contribution is 0.0954. The monoisotopic (exact) mass is 208 g/mol. The molecule has 15 heavy (non-hydrogen) atoms. The molecule has 1 N–H and O–H groups in total. The molecule has 1 amide bonds. The van der Waals surface area contributed by atoms with E-state index in [0.29, 0.717) is 5.56 Å². The van der Waals surface area contributed by atoms with Crippen LogP contribution in [0.15, 0.2) is 29.4 Å². The van der Waals surface area contributed by atoms with E-state index in [1.165, 1.54) is 24.3 Å². The minimum absolute atomic E-state index is 0.331. The molecule has 80 valence electrons. The Balaban J connectivity index is 2.66. The molecule has 0 saturated heterocycles. The molecule has 0 heterocycles. The van der Waals surface area contributed by atoms with E-state index >= 15 is 0 Å². The van der Waals surface area contributed by atoms with E-state index in [-0.39, 0.29) is 11.7 Å². The van der Waals surface area contributed by atoms with Crippen molar-refractivity contribution in [1.82, 2.24) is 5.43 Å². The molecule has 3 nitrogen and oxygen atoms in total. The van der Waals surface area contributed by atoms with Gasteiger partial charge in [-0.2, -0.15) is 5.10 Å². The number of carbonyl (C=O) groups is 1. The number of rotatable bonds is 3. The molecular weight excluding hydrogens is 195 g/mol. The molecule has 0 aliphatic carbocycles. The molecule has 4 heteroatoms. The Hall–Kier alpha value is -1.71. The summed E-state index contributed by atoms with van der Waals surface area (Å²) in [5.74, 6) is -0.692. The normalized spacial score (nSPS) is 11.3. The van der Waals surface area contributed by atoms with E-state index in [9.17, 15) is 9.18 Å². The van der Waals surface area contributed by atoms with Crippen LogP contribution in [0, 0.1) is 5.82 Å². The molecule has 0 aliphatic heterocycles. The van der Waals surface area contributed by atoms with Gasteiger partial charge in [0.15, 0.2) is 0 Å². The Labute approximate surface area is 88.0 Å². The van der Waals surface area contributed by atoms with Crippen molar-refractivity contribution in [3.05, 3.63) is 35.6 Å². The Morgan fingerprint density at radius 3 is 2.53 bits per heavy atom. The van der Waals surface area contributed by atoms with Gasteiger partial charge in [-0.3, -0.25) is 4.79 Å². The SMILES string of the molecule is CC/C(C)=N\NC(=O)c1ccc(F)cc1. The zero-order chi connectivity index (χ0) is 11.3. The topological polar surface area (TPSA) is 41.5 Å². The summed E-state index contributed by atoms with van der Waals surface area (Å²) in [6, 6.07) is 5.32. The van der Waals surface area contributed by atoms with Gasteiger partial charge in [0.05, 0.1) is 0 Å². The van der Waals surface area contributed by atoms with Gasteiger partial charge >= 0.3 is 0 Å². The molecule has 0 aromatic heterocycles. The first-order valence-corrected chi connectivity index (χ1v) is 4.72. The van der Waals surface area contributed by atoms with Crippen LogP contribution in [0.4, 0.5) is 4.39 Å². The van der Waals surface area contributed by atoms with Gasteiger partial charge in [-0.1, -0.05) is 6.92 Å². The Morgan fingerprint density at radius 2 is 2.00 bits per heavy atom. The first-order chi connectivity index (χ1) is 7.13. The molecule has 1 aromatic carbocycles. The zero-order valence-electron chi connectivity index (χ0n) is 8.75. The van der Waals surface area contributed by atoms with E-state index in [2.05, 4.69) is 10.5 Å². The number of benzene rings is 1. The fourth-order valence-electron chi connectivity index (χ4n) is 0.891. The van der Waals surface area contributed by atoms with Gasteiger partial charge in [0.25, 0.3) is 5.91 Å². The summed E-state index contributed by atoms with van der Waals surface area (Å²) >= 11 is 0. The Morgan fingerprint density at radius 1 is 1.40 bits per heavy atom. The van der Waals surface area contributed by atoms with Crippen molar-refractivity contribution in [1.29, 1.82) is 0 Å². The van der Waals surface area contributed by atoms with Crippen molar-refractivity contribution in [2.24, 2.45) is 5.10 Å². The Kier molecular flexibility index (Phi) is 3.97. The second-order valence-corrected chi connectivity index (χ2v) is 3.15. The van der Waals surface area contributed by atoms with Crippen molar-refractivity contribution in [3.63, 3.8) is 0 Å². The molecule has 0 bridgehead atoms. The lowest BCUT2D eigenvalue weighted by atomic mass is 10.2. The summed E-state index contributed by atoms with van der Waals surface area (Å²) in [4.78, 5) is 11.4. The van der Waals surface area contributed by atoms with Crippen LogP contribution < -0.4 is 5.43 Å². The summed E-state index contributed by atoms with van der Waals surface area (Å²) in [5, 5.41) is 3.86. The second-order valence-electron chi connectivity index (χ2n) is 3.15. The van der Waals surface area contributed by atoms with E-state index in [4.69, 9.17) is 0 Å². The highest BCUT2D eigenvalue weighted by molar-refractivity contribution is 5.95. The predicted octanol–water partition coefficient (Wildman–Crippen LogP) is 2.34. The third kappa shape index (κ3) is 3.50. The number of hydrogen-bond acceptors (Lipinski definition) is 2. The van der Waals surface area contributed by atoms with Crippen LogP contribution in [0.3, 0.4) is 0 Å². The average Bonchev–Trinajstić information content (AvgIpc) is 2.26. The first kappa shape index (κ1) is 11.4. The van der Waals surface area contributed by atoms with Crippen LogP contribution in [0.5, 0.6) is 0 Å².